The van der Waals surface area contributed by atoms with Crippen LogP contribution in [-0.4, -0.2) is 136 Å². The molecule has 6 unspecified atom stereocenters. The van der Waals surface area contributed by atoms with Gasteiger partial charge in [0, 0.05) is 24.2 Å². The second kappa shape index (κ2) is 26.6. The lowest BCUT2D eigenvalue weighted by atomic mass is 10.1. The first-order valence-corrected chi connectivity index (χ1v) is 28.5. The summed E-state index contributed by atoms with van der Waals surface area (Å²) in [5.74, 6) is 12.2. The van der Waals surface area contributed by atoms with E-state index in [-0.39, 0.29) is 11.6 Å². The number of nitrogens with zero attached hydrogens (tertiary/aromatic N) is 8. The van der Waals surface area contributed by atoms with Crippen molar-refractivity contribution in [2.24, 2.45) is 0 Å². The van der Waals surface area contributed by atoms with E-state index in [0.29, 0.717) is 35.4 Å². The second-order valence-corrected chi connectivity index (χ2v) is 20.7. The average molecular weight is 1140 g/mol. The van der Waals surface area contributed by atoms with Crippen LogP contribution in [0.25, 0.3) is 22.3 Å². The van der Waals surface area contributed by atoms with Gasteiger partial charge in [0.05, 0.1) is 25.9 Å². The van der Waals surface area contributed by atoms with Crippen molar-refractivity contribution >= 4 is 61.7 Å². The van der Waals surface area contributed by atoms with Crippen molar-refractivity contribution in [1.82, 2.24) is 49.7 Å². The van der Waals surface area contributed by atoms with Gasteiger partial charge in [0.15, 0.2) is 46.4 Å². The molecule has 4 aliphatic rings. The Hall–Kier alpha value is -6.82. The quantitative estimate of drug-likeness (QED) is 0.0408. The minimum atomic E-state index is -5.02. The first-order valence-electron chi connectivity index (χ1n) is 25.5. The number of phosphoric acid groups is 2. The topological polar surface area (TPSA) is 364 Å². The molecule has 4 fully saturated rings. The van der Waals surface area contributed by atoms with Crippen LogP contribution in [-0.2, 0) is 46.6 Å². The molecule has 10 rings (SSSR count). The van der Waals surface area contributed by atoms with Crippen molar-refractivity contribution < 1.29 is 75.8 Å². The first kappa shape index (κ1) is 57.9. The lowest BCUT2D eigenvalue weighted by Gasteiger charge is -2.22. The number of nitrogens with one attached hydrogen (secondary N) is 4. The number of anilines is 2. The number of rotatable bonds is 18. The van der Waals surface area contributed by atoms with Crippen molar-refractivity contribution in [3.05, 3.63) is 97.1 Å². The Labute approximate surface area is 457 Å². The fraction of sp³-hybridized carbons (Fsp3) is 0.440. The van der Waals surface area contributed by atoms with Gasteiger partial charge in [-0.3, -0.25) is 28.9 Å². The Morgan fingerprint density at radius 3 is 1.44 bits per heavy atom. The van der Waals surface area contributed by atoms with Crippen LogP contribution in [0.1, 0.15) is 76.0 Å². The Balaban J connectivity index is 0.000000194. The Kier molecular flexibility index (Phi) is 19.3. The molecule has 6 N–H and O–H groups in total. The van der Waals surface area contributed by atoms with Crippen LogP contribution in [0.15, 0.2) is 86.0 Å². The zero-order valence-corrected chi connectivity index (χ0v) is 44.8. The van der Waals surface area contributed by atoms with E-state index in [0.717, 1.165) is 49.7 Å². The molecule has 80 heavy (non-hydrogen) atoms. The van der Waals surface area contributed by atoms with E-state index in [1.807, 2.05) is 67.6 Å². The fourth-order valence-electron chi connectivity index (χ4n) is 8.88. The normalized spacial score (nSPS) is 25.1. The number of unbranched alkanes of at least 4 members (excludes halogenated alkanes) is 4. The number of ether oxygens (including phenoxy) is 6. The molecule has 28 nitrogen and oxygen atoms in total. The van der Waals surface area contributed by atoms with Gasteiger partial charge in [-0.05, 0) is 48.9 Å². The maximum Gasteiger partial charge on any atom is 0.320 e. The number of amides is 4. The summed E-state index contributed by atoms with van der Waals surface area (Å²) < 4.78 is 71.0. The third-order valence-electron chi connectivity index (χ3n) is 12.6. The summed E-state index contributed by atoms with van der Waals surface area (Å²) in [6, 6.07) is 17.7. The Morgan fingerprint density at radius 1 is 0.588 bits per heavy atom. The molecule has 0 saturated carbocycles. The predicted molar refractivity (Wildman–Crippen MR) is 277 cm³/mol. The van der Waals surface area contributed by atoms with Crippen LogP contribution in [0.4, 0.5) is 21.2 Å². The van der Waals surface area contributed by atoms with Crippen molar-refractivity contribution in [1.29, 1.82) is 0 Å². The summed E-state index contributed by atoms with van der Waals surface area (Å²) in [7, 11) is -10.0. The summed E-state index contributed by atoms with van der Waals surface area (Å²) in [6.07, 6.45) is 2.81. The Morgan fingerprint density at radius 2 is 1.01 bits per heavy atom. The molecule has 0 aliphatic carbocycles. The average Bonchev–Trinajstić information content (AvgIpc) is 4.33. The van der Waals surface area contributed by atoms with Crippen LogP contribution in [0.3, 0.4) is 0 Å². The van der Waals surface area contributed by atoms with Gasteiger partial charge in [0.25, 0.3) is 15.6 Å². The molecule has 0 bridgehead atoms. The smallest absolute Gasteiger partial charge is 0.320 e. The molecule has 8 heterocycles. The molecule has 4 aromatic heterocycles. The number of urea groups is 2. The fourth-order valence-corrected chi connectivity index (χ4v) is 9.55. The van der Waals surface area contributed by atoms with E-state index in [4.69, 9.17) is 38.2 Å². The highest BCUT2D eigenvalue weighted by molar-refractivity contribution is 7.45. The molecule has 424 valence electrons. The number of fused-ring (bicyclic) bond motifs is 4. The van der Waals surface area contributed by atoms with E-state index >= 15 is 0 Å². The van der Waals surface area contributed by atoms with Gasteiger partial charge in [0.2, 0.25) is 12.6 Å². The zero-order valence-electron chi connectivity index (χ0n) is 43.0. The third-order valence-corrected chi connectivity index (χ3v) is 13.5. The summed E-state index contributed by atoms with van der Waals surface area (Å²) in [5.41, 5.74) is 2.81. The van der Waals surface area contributed by atoms with Crippen LogP contribution in [0.2, 0.25) is 0 Å². The van der Waals surface area contributed by atoms with Crippen LogP contribution in [0.5, 0.6) is 0 Å². The van der Waals surface area contributed by atoms with Gasteiger partial charge in [-0.1, -0.05) is 87.8 Å². The summed E-state index contributed by atoms with van der Waals surface area (Å²) in [6.45, 7) is 4.17. The molecule has 4 amide bonds. The molecule has 12 atom stereocenters. The highest BCUT2D eigenvalue weighted by atomic mass is 31.2. The number of hydrogen-bond donors (Lipinski definition) is 6. The number of hydrogen-bond acceptors (Lipinski definition) is 20. The summed E-state index contributed by atoms with van der Waals surface area (Å²) in [5, 5.41) is 10.9. The van der Waals surface area contributed by atoms with Crippen molar-refractivity contribution in [3.63, 3.8) is 0 Å². The van der Waals surface area contributed by atoms with Gasteiger partial charge < -0.3 is 67.7 Å². The third kappa shape index (κ3) is 14.9. The van der Waals surface area contributed by atoms with Crippen LogP contribution < -0.4 is 31.1 Å². The molecule has 2 aromatic carbocycles. The maximum absolute atomic E-state index is 12.4. The monoisotopic (exact) mass is 1140 g/mol. The number of phosphoric ester groups is 2. The molecular formula is C50H56N12O16P2-2. The number of benzene rings is 2. The molecule has 0 radical (unpaired) electrons. The van der Waals surface area contributed by atoms with Gasteiger partial charge in [-0.25, -0.2) is 39.5 Å². The van der Waals surface area contributed by atoms with Gasteiger partial charge in [-0.15, -0.1) is 0 Å². The van der Waals surface area contributed by atoms with Crippen molar-refractivity contribution in [2.45, 2.75) is 114 Å². The maximum atomic E-state index is 12.4. The number of imidazole rings is 2. The second-order valence-electron chi connectivity index (χ2n) is 18.3. The van der Waals surface area contributed by atoms with Gasteiger partial charge >= 0.3 is 12.1 Å². The van der Waals surface area contributed by atoms with Gasteiger partial charge in [0.1, 0.15) is 49.3 Å². The molecule has 6 aromatic rings. The van der Waals surface area contributed by atoms with Crippen molar-refractivity contribution in [2.75, 3.05) is 36.9 Å². The number of aromatic nitrogens is 8. The Bertz CT molecular complexity index is 3310. The van der Waals surface area contributed by atoms with Gasteiger partial charge in [-0.2, -0.15) is 0 Å². The standard InChI is InChI=1S/C26H31N6O8P.C24H27N6O8P/c1-2-3-4-8-13-27-26(33)31-23-20-24(29-15-28-23)32(16-30-20)25-22-21(18(38-25)14-37-41(34,35)36)39-19(40-22)12-11-17-9-6-5-7-10-17;1-2-3-11-25-24(31)29-21-18-22(27-13-26-21)30(14-28-18)23-20-19(16(36-23)12-35-39(32,33)34)37-17(38-20)10-9-15-7-5-4-6-8-15/h5-7,9-10,15-16,18-19,21-22,25H,2-4,8,13-14H2,1H3,(H2,34,35,36)(H2,27,28,29,31,33);4-8,13-14,16-17,19-20,23H,2-3,11-12H2,1H3,(H2,32,33,34)(H2,25,26,27,29,31)/p-2/t18-,19?,21?,22+,25-;16-,17?,19?,20+,23-/m11/s1. The molecule has 4 saturated heterocycles. The van der Waals surface area contributed by atoms with E-state index in [9.17, 15) is 28.5 Å². The first-order chi connectivity index (χ1) is 38.6. The van der Waals surface area contributed by atoms with Crippen molar-refractivity contribution in [3.8, 4) is 23.7 Å². The highest BCUT2D eigenvalue weighted by Gasteiger charge is 2.55. The zero-order chi connectivity index (χ0) is 56.2. The highest BCUT2D eigenvalue weighted by Crippen LogP contribution is 2.44. The lowest BCUT2D eigenvalue weighted by Crippen LogP contribution is -2.32. The van der Waals surface area contributed by atoms with E-state index in [1.165, 1.54) is 25.3 Å². The molecule has 4 aliphatic heterocycles. The minimum absolute atomic E-state index is 0.199. The summed E-state index contributed by atoms with van der Waals surface area (Å²) in [4.78, 5) is 91.1. The molecular weight excluding hydrogens is 1090 g/mol. The SMILES string of the molecule is CCCCCCNC(=O)Nc1ncnc2c1ncn2[C@@H]1O[C@H](COP(=O)([O-])O)C2OC(C#Cc3ccccc3)O[C@@H]21.CCCCNC(=O)Nc1ncnc2c1ncn2[C@@H]1O[C@H](COP(=O)([O-])O)C2OC(C#Cc3ccccc3)O[C@@H]21. The number of carbonyl (C=O) groups excluding carboxylic acids is 2. The number of carbonyl (C=O) groups is 2. The predicted octanol–water partition coefficient (Wildman–Crippen LogP) is 3.35. The molecule has 30 heteroatoms. The van der Waals surface area contributed by atoms with E-state index in [2.05, 4.69) is 90.8 Å². The minimum Gasteiger partial charge on any atom is -0.756 e. The van der Waals surface area contributed by atoms with Crippen LogP contribution >= 0.6 is 15.6 Å². The largest absolute Gasteiger partial charge is 0.756 e. The molecule has 0 spiro atoms. The van der Waals surface area contributed by atoms with Crippen LogP contribution in [0, 0.1) is 23.7 Å². The summed E-state index contributed by atoms with van der Waals surface area (Å²) >= 11 is 0. The van der Waals surface area contributed by atoms with E-state index in [1.54, 1.807) is 9.13 Å². The van der Waals surface area contributed by atoms with E-state index < -0.39 is 103 Å². The lowest BCUT2D eigenvalue weighted by molar-refractivity contribution is -0.225.